The van der Waals surface area contributed by atoms with Crippen molar-refractivity contribution in [3.05, 3.63) is 87.3 Å². The van der Waals surface area contributed by atoms with Crippen LogP contribution in [0.15, 0.2) is 59.4 Å². The molecule has 6 heteroatoms. The van der Waals surface area contributed by atoms with Crippen LogP contribution in [0.2, 0.25) is 0 Å². The van der Waals surface area contributed by atoms with Gasteiger partial charge in [-0.25, -0.2) is 4.68 Å². The van der Waals surface area contributed by atoms with Gasteiger partial charge in [0.05, 0.1) is 18.4 Å². The first-order valence-corrected chi connectivity index (χ1v) is 9.72. The molecule has 0 bridgehead atoms. The van der Waals surface area contributed by atoms with Gasteiger partial charge >= 0.3 is 5.97 Å². The largest absolute Gasteiger partial charge is 0.468 e. The molecule has 0 fully saturated rings. The molecule has 6 nitrogen and oxygen atoms in total. The van der Waals surface area contributed by atoms with Gasteiger partial charge in [0.2, 0.25) is 0 Å². The third-order valence-electron chi connectivity index (χ3n) is 5.85. The molecule has 0 N–H and O–H groups in total. The lowest BCUT2D eigenvalue weighted by atomic mass is 9.93. The number of fused-ring (bicyclic) bond motifs is 1. The highest BCUT2D eigenvalue weighted by molar-refractivity contribution is 5.76. The van der Waals surface area contributed by atoms with Gasteiger partial charge in [-0.2, -0.15) is 0 Å². The Labute approximate surface area is 169 Å². The van der Waals surface area contributed by atoms with Crippen LogP contribution in [0.25, 0.3) is 5.69 Å². The number of carbonyl (C=O) groups excluding carboxylic acids is 1. The Morgan fingerprint density at radius 3 is 2.41 bits per heavy atom. The number of ether oxygens (including phenoxy) is 1. The minimum absolute atomic E-state index is 0.0568. The van der Waals surface area contributed by atoms with E-state index >= 15 is 0 Å². The number of para-hydroxylation sites is 1. The normalized spacial score (nSPS) is 16.4. The molecular weight excluding hydrogens is 366 g/mol. The maximum atomic E-state index is 13.3. The second-order valence-corrected chi connectivity index (χ2v) is 7.46. The molecule has 1 aliphatic rings. The van der Waals surface area contributed by atoms with E-state index in [-0.39, 0.29) is 11.5 Å². The molecule has 1 aliphatic heterocycles. The number of nitrogens with zero attached hydrogens (tertiary/aromatic N) is 3. The molecule has 150 valence electrons. The molecule has 29 heavy (non-hydrogen) atoms. The van der Waals surface area contributed by atoms with Gasteiger partial charge in [0.15, 0.2) is 0 Å². The van der Waals surface area contributed by atoms with Crippen LogP contribution >= 0.6 is 0 Å². The second-order valence-electron chi connectivity index (χ2n) is 7.46. The molecule has 0 radical (unpaired) electrons. The summed E-state index contributed by atoms with van der Waals surface area (Å²) in [6.45, 7) is 2.95. The Morgan fingerprint density at radius 2 is 1.72 bits per heavy atom. The lowest BCUT2D eigenvalue weighted by Gasteiger charge is -2.34. The van der Waals surface area contributed by atoms with Gasteiger partial charge in [-0.3, -0.25) is 19.2 Å². The molecule has 3 aromatic rings. The molecule has 2 aromatic carbocycles. The standard InChI is InChI=1S/C23H25N3O3/c1-16-20(22(27)26(24(16)2)19-11-5-4-6-12-19)15-25-14-18-10-8-7-9-17(18)13-21(25)23(28)29-3/h4-12,21H,13-15H2,1-3H3/t21-/m1/s1. The van der Waals surface area contributed by atoms with Crippen molar-refractivity contribution < 1.29 is 9.53 Å². The summed E-state index contributed by atoms with van der Waals surface area (Å²) in [5.41, 5.74) is 4.70. The minimum atomic E-state index is -0.404. The average Bonchev–Trinajstić information content (AvgIpc) is 2.96. The molecule has 1 atom stereocenters. The number of esters is 1. The summed E-state index contributed by atoms with van der Waals surface area (Å²) in [6.07, 6.45) is 0.585. The van der Waals surface area contributed by atoms with Gasteiger partial charge in [0.25, 0.3) is 5.56 Å². The third-order valence-corrected chi connectivity index (χ3v) is 5.85. The minimum Gasteiger partial charge on any atom is -0.468 e. The van der Waals surface area contributed by atoms with E-state index in [1.165, 1.54) is 12.7 Å². The number of hydrogen-bond donors (Lipinski definition) is 0. The zero-order chi connectivity index (χ0) is 20.5. The smallest absolute Gasteiger partial charge is 0.323 e. The number of rotatable bonds is 4. The number of carbonyl (C=O) groups is 1. The highest BCUT2D eigenvalue weighted by Crippen LogP contribution is 2.26. The van der Waals surface area contributed by atoms with Gasteiger partial charge in [-0.15, -0.1) is 0 Å². The Balaban J connectivity index is 1.73. The number of methoxy groups -OCH3 is 1. The van der Waals surface area contributed by atoms with Crippen molar-refractivity contribution in [2.75, 3.05) is 7.11 Å². The highest BCUT2D eigenvalue weighted by atomic mass is 16.5. The fourth-order valence-corrected chi connectivity index (χ4v) is 4.12. The van der Waals surface area contributed by atoms with Crippen LogP contribution < -0.4 is 5.56 Å². The lowest BCUT2D eigenvalue weighted by Crippen LogP contribution is -2.46. The summed E-state index contributed by atoms with van der Waals surface area (Å²) in [5, 5.41) is 0. The average molecular weight is 391 g/mol. The van der Waals surface area contributed by atoms with E-state index in [4.69, 9.17) is 4.74 Å². The van der Waals surface area contributed by atoms with Crippen molar-refractivity contribution in [1.82, 2.24) is 14.3 Å². The molecule has 0 aliphatic carbocycles. The number of aromatic nitrogens is 2. The van der Waals surface area contributed by atoms with E-state index in [1.54, 1.807) is 4.68 Å². The third kappa shape index (κ3) is 3.40. The first-order valence-electron chi connectivity index (χ1n) is 9.72. The van der Waals surface area contributed by atoms with Crippen molar-refractivity contribution in [3.63, 3.8) is 0 Å². The van der Waals surface area contributed by atoms with Crippen LogP contribution in [0, 0.1) is 6.92 Å². The van der Waals surface area contributed by atoms with Crippen LogP contribution in [0.1, 0.15) is 22.4 Å². The lowest BCUT2D eigenvalue weighted by molar-refractivity contribution is -0.148. The summed E-state index contributed by atoms with van der Waals surface area (Å²) in [7, 11) is 3.30. The molecule has 0 unspecified atom stereocenters. The Hall–Kier alpha value is -3.12. The van der Waals surface area contributed by atoms with E-state index in [2.05, 4.69) is 12.1 Å². The molecule has 0 amide bonds. The van der Waals surface area contributed by atoms with E-state index < -0.39 is 6.04 Å². The van der Waals surface area contributed by atoms with Crippen molar-refractivity contribution in [2.45, 2.75) is 32.5 Å². The maximum Gasteiger partial charge on any atom is 0.323 e. The van der Waals surface area contributed by atoms with E-state index in [1.807, 2.05) is 66.0 Å². The van der Waals surface area contributed by atoms with Gasteiger partial charge in [0, 0.05) is 25.8 Å². The van der Waals surface area contributed by atoms with Crippen molar-refractivity contribution in [3.8, 4) is 5.69 Å². The summed E-state index contributed by atoms with van der Waals surface area (Å²) < 4.78 is 8.61. The Kier molecular flexibility index (Phi) is 5.11. The van der Waals surface area contributed by atoms with Crippen LogP contribution in [0.3, 0.4) is 0 Å². The van der Waals surface area contributed by atoms with Crippen LogP contribution in [-0.4, -0.2) is 33.4 Å². The van der Waals surface area contributed by atoms with E-state index in [0.29, 0.717) is 25.1 Å². The zero-order valence-electron chi connectivity index (χ0n) is 17.0. The first kappa shape index (κ1) is 19.2. The fourth-order valence-electron chi connectivity index (χ4n) is 4.12. The first-order chi connectivity index (χ1) is 14.0. The molecule has 0 saturated carbocycles. The molecule has 4 rings (SSSR count). The monoisotopic (exact) mass is 391 g/mol. The quantitative estimate of drug-likeness (QED) is 0.642. The maximum absolute atomic E-state index is 13.3. The molecular formula is C23H25N3O3. The summed E-state index contributed by atoms with van der Waals surface area (Å²) in [4.78, 5) is 27.8. The van der Waals surface area contributed by atoms with Crippen LogP contribution in [-0.2, 0) is 36.1 Å². The van der Waals surface area contributed by atoms with Crippen LogP contribution in [0.5, 0.6) is 0 Å². The number of benzene rings is 2. The summed E-state index contributed by atoms with van der Waals surface area (Å²) in [5.74, 6) is -0.267. The Morgan fingerprint density at radius 1 is 1.07 bits per heavy atom. The van der Waals surface area contributed by atoms with Gasteiger partial charge in [0.1, 0.15) is 6.04 Å². The van der Waals surface area contributed by atoms with Crippen molar-refractivity contribution >= 4 is 5.97 Å². The molecule has 0 spiro atoms. The van der Waals surface area contributed by atoms with Gasteiger partial charge < -0.3 is 4.74 Å². The van der Waals surface area contributed by atoms with Crippen molar-refractivity contribution in [2.24, 2.45) is 7.05 Å². The predicted molar refractivity (Wildman–Crippen MR) is 111 cm³/mol. The number of hydrogen-bond acceptors (Lipinski definition) is 4. The zero-order valence-corrected chi connectivity index (χ0v) is 17.0. The van der Waals surface area contributed by atoms with Gasteiger partial charge in [-0.1, -0.05) is 42.5 Å². The summed E-state index contributed by atoms with van der Waals surface area (Å²) in [6, 6.07) is 17.3. The topological polar surface area (TPSA) is 56.5 Å². The fraction of sp³-hybridized carbons (Fsp3) is 0.304. The SMILES string of the molecule is COC(=O)[C@H]1Cc2ccccc2CN1Cc1c(C)n(C)n(-c2ccccc2)c1=O. The van der Waals surface area contributed by atoms with Gasteiger partial charge in [-0.05, 0) is 36.6 Å². The second kappa shape index (κ2) is 7.72. The Bertz CT molecular complexity index is 1100. The van der Waals surface area contributed by atoms with E-state index in [0.717, 1.165) is 16.9 Å². The van der Waals surface area contributed by atoms with Crippen LogP contribution in [0.4, 0.5) is 0 Å². The van der Waals surface area contributed by atoms with E-state index in [9.17, 15) is 9.59 Å². The molecule has 0 saturated heterocycles. The van der Waals surface area contributed by atoms with Crippen molar-refractivity contribution in [1.29, 1.82) is 0 Å². The molecule has 2 heterocycles. The summed E-state index contributed by atoms with van der Waals surface area (Å²) >= 11 is 0. The predicted octanol–water partition coefficient (Wildman–Crippen LogP) is 2.58. The highest BCUT2D eigenvalue weighted by Gasteiger charge is 2.33. The molecule has 1 aromatic heterocycles.